The van der Waals surface area contributed by atoms with Gasteiger partial charge in [-0.1, -0.05) is 6.07 Å². The first kappa shape index (κ1) is 23.9. The second-order valence-electron chi connectivity index (χ2n) is 12.2. The van der Waals surface area contributed by atoms with E-state index >= 15 is 0 Å². The normalized spacial score (nSPS) is 31.9. The second kappa shape index (κ2) is 8.16. The Balaban J connectivity index is 1.32. The molecule has 200 valence electrons. The summed E-state index contributed by atoms with van der Waals surface area (Å²) in [5, 5.41) is 23.1. The number of rotatable bonds is 4. The number of nitrogens with zero attached hydrogens (tertiary/aromatic N) is 2. The van der Waals surface area contributed by atoms with Gasteiger partial charge in [0.25, 0.3) is 11.5 Å². The van der Waals surface area contributed by atoms with Crippen LogP contribution in [0.25, 0.3) is 0 Å². The molecule has 5 aliphatic rings. The fourth-order valence-electron chi connectivity index (χ4n) is 8.00. The largest absolute Gasteiger partial charge is 0.508 e. The van der Waals surface area contributed by atoms with Gasteiger partial charge in [-0.05, 0) is 85.9 Å². The molecule has 2 aromatic rings. The van der Waals surface area contributed by atoms with Crippen molar-refractivity contribution in [2.45, 2.75) is 74.5 Å². The minimum absolute atomic E-state index is 0.00898. The van der Waals surface area contributed by atoms with Crippen LogP contribution in [0, 0.1) is 5.92 Å². The summed E-state index contributed by atoms with van der Waals surface area (Å²) >= 11 is 0. The van der Waals surface area contributed by atoms with Crippen LogP contribution < -0.4 is 11.3 Å². The van der Waals surface area contributed by atoms with Crippen molar-refractivity contribution >= 4 is 11.8 Å². The second-order valence-corrected chi connectivity index (χ2v) is 12.2. The van der Waals surface area contributed by atoms with Crippen LogP contribution in [-0.2, 0) is 29.5 Å². The molecule has 0 radical (unpaired) electrons. The number of phenols is 1. The molecule has 2 bridgehead atoms. The Morgan fingerprint density at radius 3 is 2.68 bits per heavy atom. The molecule has 3 fully saturated rings. The van der Waals surface area contributed by atoms with E-state index < -0.39 is 34.4 Å². The maximum absolute atomic E-state index is 13.4. The zero-order valence-electron chi connectivity index (χ0n) is 21.4. The molecule has 38 heavy (non-hydrogen) atoms. The van der Waals surface area contributed by atoms with E-state index in [0.717, 1.165) is 41.9 Å². The van der Waals surface area contributed by atoms with Crippen LogP contribution >= 0.6 is 0 Å². The molecule has 1 saturated carbocycles. The predicted octanol–water partition coefficient (Wildman–Crippen LogP) is 0.978. The third-order valence-electron chi connectivity index (χ3n) is 10.1. The van der Waals surface area contributed by atoms with Gasteiger partial charge in [-0.3, -0.25) is 19.3 Å². The Kier molecular flexibility index (Phi) is 5.14. The number of nitrogens with one attached hydrogen (secondary N) is 1. The van der Waals surface area contributed by atoms with Crippen LogP contribution in [0.5, 0.6) is 5.75 Å². The predicted molar refractivity (Wildman–Crippen MR) is 139 cm³/mol. The number of nitrogens with two attached hydrogens (primary N) is 1. The van der Waals surface area contributed by atoms with Gasteiger partial charge in [-0.2, -0.15) is 0 Å². The first-order valence-electron chi connectivity index (χ1n) is 13.8. The highest BCUT2D eigenvalue weighted by Crippen LogP contribution is 2.57. The average molecular weight is 519 g/mol. The zero-order valence-corrected chi connectivity index (χ0v) is 21.4. The summed E-state index contributed by atoms with van der Waals surface area (Å²) < 4.78 is 0. The number of phenolic OH excluding ortho intramolecular Hbond substituents is 1. The third kappa shape index (κ3) is 3.34. The topological polar surface area (TPSA) is 140 Å². The number of likely N-dealkylation sites (tertiary alicyclic amines) is 2. The number of primary amides is 1. The van der Waals surface area contributed by atoms with Crippen molar-refractivity contribution in [2.24, 2.45) is 11.7 Å². The van der Waals surface area contributed by atoms with Crippen molar-refractivity contribution in [1.82, 2.24) is 14.8 Å². The minimum atomic E-state index is -1.12. The van der Waals surface area contributed by atoms with Crippen molar-refractivity contribution in [3.8, 4) is 5.75 Å². The number of carbonyl (C=O) groups is 2. The number of pyridine rings is 1. The summed E-state index contributed by atoms with van der Waals surface area (Å²) in [6, 6.07) is 6.33. The molecule has 1 aromatic carbocycles. The number of carbonyl (C=O) groups excluding carboxylic acids is 2. The van der Waals surface area contributed by atoms with E-state index in [-0.39, 0.29) is 17.4 Å². The summed E-state index contributed by atoms with van der Waals surface area (Å²) in [6.07, 6.45) is 5.77. The van der Waals surface area contributed by atoms with Gasteiger partial charge in [0, 0.05) is 43.1 Å². The Morgan fingerprint density at radius 1 is 1.11 bits per heavy atom. The maximum Gasteiger partial charge on any atom is 0.261 e. The van der Waals surface area contributed by atoms with Crippen LogP contribution in [0.4, 0.5) is 0 Å². The number of H-pyrrole nitrogens is 1. The van der Waals surface area contributed by atoms with Gasteiger partial charge in [0.15, 0.2) is 0 Å². The summed E-state index contributed by atoms with van der Waals surface area (Å²) in [6.45, 7) is 2.22. The first-order valence-corrected chi connectivity index (χ1v) is 13.8. The van der Waals surface area contributed by atoms with Crippen LogP contribution in [0.1, 0.15) is 64.8 Å². The summed E-state index contributed by atoms with van der Waals surface area (Å²) in [5.41, 5.74) is 6.88. The van der Waals surface area contributed by atoms with Gasteiger partial charge < -0.3 is 25.8 Å². The highest BCUT2D eigenvalue weighted by atomic mass is 16.3. The minimum Gasteiger partial charge on any atom is -0.508 e. The fourth-order valence-corrected chi connectivity index (χ4v) is 8.00. The van der Waals surface area contributed by atoms with Gasteiger partial charge in [-0.15, -0.1) is 0 Å². The molecule has 3 heterocycles. The lowest BCUT2D eigenvalue weighted by molar-refractivity contribution is -0.152. The average Bonchev–Trinajstić information content (AvgIpc) is 3.55. The summed E-state index contributed by atoms with van der Waals surface area (Å²) in [5.74, 6) is -0.192. The van der Waals surface area contributed by atoms with Gasteiger partial charge in [0.05, 0.1) is 5.60 Å². The van der Waals surface area contributed by atoms with Crippen LogP contribution in [0.15, 0.2) is 29.1 Å². The highest BCUT2D eigenvalue weighted by molar-refractivity contribution is 5.97. The molecule has 9 heteroatoms. The zero-order chi connectivity index (χ0) is 26.4. The lowest BCUT2D eigenvalue weighted by Crippen LogP contribution is -2.74. The molecule has 0 unspecified atom stereocenters. The molecule has 7 rings (SSSR count). The number of amides is 2. The van der Waals surface area contributed by atoms with Crippen molar-refractivity contribution in [1.29, 1.82) is 0 Å². The molecular formula is C29H34N4O5. The van der Waals surface area contributed by atoms with E-state index in [1.807, 2.05) is 6.07 Å². The lowest BCUT2D eigenvalue weighted by atomic mass is 9.49. The van der Waals surface area contributed by atoms with Gasteiger partial charge >= 0.3 is 0 Å². The molecule has 0 spiro atoms. The Bertz CT molecular complexity index is 1420. The quantitative estimate of drug-likeness (QED) is 0.476. The number of aromatic hydroxyl groups is 1. The molecule has 5 N–H and O–H groups in total. The molecule has 1 aromatic heterocycles. The van der Waals surface area contributed by atoms with E-state index in [1.54, 1.807) is 18.2 Å². The van der Waals surface area contributed by atoms with Crippen LogP contribution in [-0.4, -0.2) is 74.1 Å². The number of benzene rings is 1. The van der Waals surface area contributed by atoms with E-state index in [9.17, 15) is 24.6 Å². The number of hydrogen-bond acceptors (Lipinski definition) is 6. The number of aliphatic hydroxyl groups is 1. The van der Waals surface area contributed by atoms with Gasteiger partial charge in [0.2, 0.25) is 5.91 Å². The monoisotopic (exact) mass is 518 g/mol. The highest BCUT2D eigenvalue weighted by Gasteiger charge is 2.64. The summed E-state index contributed by atoms with van der Waals surface area (Å²) in [4.78, 5) is 45.4. The van der Waals surface area contributed by atoms with Crippen molar-refractivity contribution in [3.05, 3.63) is 62.6 Å². The number of fused-ring (bicyclic) bond motifs is 2. The summed E-state index contributed by atoms with van der Waals surface area (Å²) in [7, 11) is 0. The lowest BCUT2D eigenvalue weighted by Gasteiger charge is -2.63. The molecule has 4 atom stereocenters. The molecule has 2 aliphatic heterocycles. The van der Waals surface area contributed by atoms with E-state index in [2.05, 4.69) is 9.88 Å². The van der Waals surface area contributed by atoms with Gasteiger partial charge in [0.1, 0.15) is 17.4 Å². The molecule has 9 nitrogen and oxygen atoms in total. The Morgan fingerprint density at radius 2 is 1.92 bits per heavy atom. The molecular weight excluding hydrogens is 484 g/mol. The first-order chi connectivity index (χ1) is 18.2. The Labute approximate surface area is 220 Å². The third-order valence-corrected chi connectivity index (χ3v) is 10.1. The van der Waals surface area contributed by atoms with E-state index in [1.165, 1.54) is 17.7 Å². The van der Waals surface area contributed by atoms with E-state index in [4.69, 9.17) is 5.73 Å². The SMILES string of the molecule is NC(=O)[C@@H]1CCCN1C(=O)c1cc2c([nH]c1=O)C[C@]13CCN(CC4CC4)[C@H](Cc4ccc(O)cc41)[C@]3(O)C2. The van der Waals surface area contributed by atoms with Gasteiger partial charge in [-0.25, -0.2) is 0 Å². The number of aromatic amines is 1. The maximum atomic E-state index is 13.4. The smallest absolute Gasteiger partial charge is 0.261 e. The van der Waals surface area contributed by atoms with Crippen molar-refractivity contribution < 1.29 is 19.8 Å². The fraction of sp³-hybridized carbons (Fsp3) is 0.552. The molecule has 2 amide bonds. The van der Waals surface area contributed by atoms with E-state index in [0.29, 0.717) is 44.6 Å². The van der Waals surface area contributed by atoms with Crippen LogP contribution in [0.2, 0.25) is 0 Å². The number of piperidine rings is 1. The molecule has 2 saturated heterocycles. The molecule has 3 aliphatic carbocycles. The van der Waals surface area contributed by atoms with Crippen molar-refractivity contribution in [3.63, 3.8) is 0 Å². The standard InChI is InChI=1S/C29H34N4O5/c30-25(35)23-2-1-8-33(23)27(37)20-10-18-13-29(38)24-11-17-5-6-19(34)12-21(17)28(29,14-22(18)31-26(20)36)7-9-32(24)15-16-3-4-16/h5-6,10,12,16,23-24,34,38H,1-4,7-9,11,13-15H2,(H2,30,35)(H,31,36)/t23-,24+,28+,29+/m0/s1. The number of aromatic nitrogens is 1. The van der Waals surface area contributed by atoms with Crippen LogP contribution in [0.3, 0.4) is 0 Å². The van der Waals surface area contributed by atoms with Crippen molar-refractivity contribution in [2.75, 3.05) is 19.6 Å². The Hall–Kier alpha value is -3.17. The number of hydrogen-bond donors (Lipinski definition) is 4.